The molecule has 2 nitrogen and oxygen atoms in total. The minimum atomic E-state index is 0.324. The number of thiocarbonyl (C=S) groups is 2. The van der Waals surface area contributed by atoms with Gasteiger partial charge in [0.2, 0.25) is 0 Å². The topological polar surface area (TPSA) is 24.7 Å². The van der Waals surface area contributed by atoms with Crippen LogP contribution in [0.1, 0.15) is 19.3 Å². The molecule has 1 rings (SSSR count). The summed E-state index contributed by atoms with van der Waals surface area (Å²) in [5.74, 6) is 0. The largest absolute Gasteiger partial charge is 0.229 e. The first-order chi connectivity index (χ1) is 5.36. The molecule has 1 aliphatic carbocycles. The molecule has 0 aliphatic heterocycles. The highest BCUT2D eigenvalue weighted by molar-refractivity contribution is 7.78. The Bertz CT molecular complexity index is 203. The predicted molar refractivity (Wildman–Crippen MR) is 51.5 cm³/mol. The summed E-state index contributed by atoms with van der Waals surface area (Å²) in [5, 5.41) is 4.79. The van der Waals surface area contributed by atoms with Crippen LogP contribution in [0.3, 0.4) is 0 Å². The normalized spacial score (nSPS) is 28.7. The fourth-order valence-corrected chi connectivity index (χ4v) is 1.62. The lowest BCUT2D eigenvalue weighted by molar-refractivity contribution is 0.675. The van der Waals surface area contributed by atoms with Gasteiger partial charge in [-0.2, -0.15) is 0 Å². The summed E-state index contributed by atoms with van der Waals surface area (Å²) in [5.41, 5.74) is 0. The monoisotopic (exact) mass is 184 g/mol. The van der Waals surface area contributed by atoms with Gasteiger partial charge in [-0.3, -0.25) is 0 Å². The Hall–Kier alpha value is -0.400. The quantitative estimate of drug-likeness (QED) is 0.485. The molecular formula is C7H8N2S2. The number of aliphatic imine (C=N–C) groups is 2. The van der Waals surface area contributed by atoms with Crippen molar-refractivity contribution in [1.29, 1.82) is 0 Å². The van der Waals surface area contributed by atoms with Gasteiger partial charge < -0.3 is 0 Å². The van der Waals surface area contributed by atoms with Gasteiger partial charge in [-0.25, -0.2) is 9.98 Å². The van der Waals surface area contributed by atoms with E-state index in [1.807, 2.05) is 0 Å². The minimum absolute atomic E-state index is 0.324. The first-order valence-corrected chi connectivity index (χ1v) is 4.32. The Balaban J connectivity index is 2.46. The van der Waals surface area contributed by atoms with Crippen LogP contribution in [0.5, 0.6) is 0 Å². The molecule has 58 valence electrons. The molecule has 0 saturated heterocycles. The average Bonchev–Trinajstić information content (AvgIpc) is 2.38. The summed E-state index contributed by atoms with van der Waals surface area (Å²) >= 11 is 9.02. The SMILES string of the molecule is S=C=NC1CCC(N=C=S)C1. The zero-order valence-electron chi connectivity index (χ0n) is 5.99. The molecule has 11 heavy (non-hydrogen) atoms. The molecule has 0 amide bonds. The highest BCUT2D eigenvalue weighted by Crippen LogP contribution is 2.23. The maximum Gasteiger partial charge on any atom is 0.0624 e. The minimum Gasteiger partial charge on any atom is -0.229 e. The summed E-state index contributed by atoms with van der Waals surface area (Å²) in [7, 11) is 0. The van der Waals surface area contributed by atoms with Crippen LogP contribution >= 0.6 is 24.4 Å². The Morgan fingerprint density at radius 3 is 1.82 bits per heavy atom. The van der Waals surface area contributed by atoms with Crippen LogP contribution < -0.4 is 0 Å². The summed E-state index contributed by atoms with van der Waals surface area (Å²) in [6.07, 6.45) is 3.05. The molecule has 2 atom stereocenters. The standard InChI is InChI=1S/C7H8N2S2/c10-4-8-6-1-2-7(3-6)9-5-11/h6-7H,1-3H2. The van der Waals surface area contributed by atoms with Crippen molar-refractivity contribution in [2.75, 3.05) is 0 Å². The highest BCUT2D eigenvalue weighted by Gasteiger charge is 2.22. The van der Waals surface area contributed by atoms with Gasteiger partial charge >= 0.3 is 0 Å². The van der Waals surface area contributed by atoms with E-state index < -0.39 is 0 Å². The molecule has 0 aromatic rings. The van der Waals surface area contributed by atoms with Crippen molar-refractivity contribution in [3.63, 3.8) is 0 Å². The van der Waals surface area contributed by atoms with Crippen molar-refractivity contribution in [3.8, 4) is 0 Å². The number of nitrogens with zero attached hydrogens (tertiary/aromatic N) is 2. The molecule has 1 saturated carbocycles. The van der Waals surface area contributed by atoms with Crippen molar-refractivity contribution in [1.82, 2.24) is 0 Å². The highest BCUT2D eigenvalue weighted by atomic mass is 32.1. The van der Waals surface area contributed by atoms with Crippen LogP contribution in [0, 0.1) is 0 Å². The summed E-state index contributed by atoms with van der Waals surface area (Å²) in [6.45, 7) is 0. The summed E-state index contributed by atoms with van der Waals surface area (Å²) in [4.78, 5) is 8.00. The molecule has 2 unspecified atom stereocenters. The zero-order chi connectivity index (χ0) is 8.10. The van der Waals surface area contributed by atoms with Crippen molar-refractivity contribution >= 4 is 34.8 Å². The molecule has 0 aromatic carbocycles. The van der Waals surface area contributed by atoms with E-state index in [0.29, 0.717) is 12.1 Å². The molecule has 0 heterocycles. The lowest BCUT2D eigenvalue weighted by atomic mass is 10.2. The molecule has 4 heteroatoms. The number of hydrogen-bond acceptors (Lipinski definition) is 4. The van der Waals surface area contributed by atoms with Crippen molar-refractivity contribution < 1.29 is 0 Å². The van der Waals surface area contributed by atoms with E-state index in [9.17, 15) is 0 Å². The number of rotatable bonds is 2. The van der Waals surface area contributed by atoms with E-state index >= 15 is 0 Å². The number of isothiocyanates is 2. The van der Waals surface area contributed by atoms with Gasteiger partial charge in [-0.1, -0.05) is 0 Å². The van der Waals surface area contributed by atoms with Gasteiger partial charge in [0.15, 0.2) is 0 Å². The molecular weight excluding hydrogens is 176 g/mol. The molecule has 1 fully saturated rings. The number of hydrogen-bond donors (Lipinski definition) is 0. The fraction of sp³-hybridized carbons (Fsp3) is 0.714. The molecule has 0 aromatic heterocycles. The van der Waals surface area contributed by atoms with Crippen LogP contribution in [0.2, 0.25) is 0 Å². The molecule has 0 bridgehead atoms. The Morgan fingerprint density at radius 1 is 1.00 bits per heavy atom. The lowest BCUT2D eigenvalue weighted by Crippen LogP contribution is -2.00. The van der Waals surface area contributed by atoms with Crippen molar-refractivity contribution in [2.24, 2.45) is 9.98 Å². The van der Waals surface area contributed by atoms with Crippen LogP contribution in [0.4, 0.5) is 0 Å². The molecule has 0 N–H and O–H groups in total. The third-order valence-corrected chi connectivity index (χ3v) is 2.06. The second-order valence-corrected chi connectivity index (χ2v) is 2.93. The van der Waals surface area contributed by atoms with Gasteiger partial charge in [0.05, 0.1) is 22.4 Å². The van der Waals surface area contributed by atoms with E-state index in [0.717, 1.165) is 19.3 Å². The molecule has 0 spiro atoms. The third kappa shape index (κ3) is 2.60. The van der Waals surface area contributed by atoms with Crippen LogP contribution in [-0.4, -0.2) is 22.4 Å². The van der Waals surface area contributed by atoms with E-state index in [1.165, 1.54) is 0 Å². The Kier molecular flexibility index (Phi) is 3.53. The van der Waals surface area contributed by atoms with Gasteiger partial charge in [0.1, 0.15) is 0 Å². The van der Waals surface area contributed by atoms with Gasteiger partial charge in [-0.05, 0) is 43.7 Å². The fourth-order valence-electron chi connectivity index (χ4n) is 1.32. The Labute approximate surface area is 76.4 Å². The van der Waals surface area contributed by atoms with Crippen molar-refractivity contribution in [3.05, 3.63) is 0 Å². The second kappa shape index (κ2) is 4.47. The van der Waals surface area contributed by atoms with Crippen molar-refractivity contribution in [2.45, 2.75) is 31.3 Å². The van der Waals surface area contributed by atoms with Gasteiger partial charge in [-0.15, -0.1) is 0 Å². The first-order valence-electron chi connectivity index (χ1n) is 3.50. The van der Waals surface area contributed by atoms with Gasteiger partial charge in [0, 0.05) is 0 Å². The summed E-state index contributed by atoms with van der Waals surface area (Å²) in [6, 6.07) is 0.647. The zero-order valence-corrected chi connectivity index (χ0v) is 7.62. The maximum atomic E-state index is 4.51. The summed E-state index contributed by atoms with van der Waals surface area (Å²) < 4.78 is 0. The molecule has 0 radical (unpaired) electrons. The van der Waals surface area contributed by atoms with Crippen LogP contribution in [0.25, 0.3) is 0 Å². The predicted octanol–water partition coefficient (Wildman–Crippen LogP) is 2.11. The van der Waals surface area contributed by atoms with Crippen LogP contribution in [-0.2, 0) is 0 Å². The van der Waals surface area contributed by atoms with E-state index in [4.69, 9.17) is 0 Å². The smallest absolute Gasteiger partial charge is 0.0624 e. The van der Waals surface area contributed by atoms with E-state index in [-0.39, 0.29) is 0 Å². The average molecular weight is 184 g/mol. The Morgan fingerprint density at radius 2 is 1.45 bits per heavy atom. The van der Waals surface area contributed by atoms with E-state index in [1.54, 1.807) is 0 Å². The van der Waals surface area contributed by atoms with Crippen LogP contribution in [0.15, 0.2) is 9.98 Å². The third-order valence-electron chi connectivity index (χ3n) is 1.85. The second-order valence-electron chi connectivity index (χ2n) is 2.56. The van der Waals surface area contributed by atoms with Gasteiger partial charge in [0.25, 0.3) is 0 Å². The maximum absolute atomic E-state index is 4.51. The van der Waals surface area contributed by atoms with E-state index in [2.05, 4.69) is 44.7 Å². The lowest BCUT2D eigenvalue weighted by Gasteiger charge is -1.97. The first kappa shape index (κ1) is 8.69. The molecule has 1 aliphatic rings.